The number of nitrogens with zero attached hydrogens (tertiary/aromatic N) is 1. The van der Waals surface area contributed by atoms with Gasteiger partial charge in [-0.15, -0.1) is 0 Å². The Balaban J connectivity index is 1.34. The number of aliphatic hydroxyl groups is 1. The molecular weight excluding hydrogens is 402 g/mol. The van der Waals surface area contributed by atoms with Crippen molar-refractivity contribution in [1.29, 1.82) is 0 Å². The second kappa shape index (κ2) is 8.57. The van der Waals surface area contributed by atoms with Crippen molar-refractivity contribution < 1.29 is 23.5 Å². The second-order valence-corrected chi connectivity index (χ2v) is 9.27. The van der Waals surface area contributed by atoms with E-state index in [1.807, 2.05) is 12.1 Å². The minimum absolute atomic E-state index is 0.183. The normalized spacial score (nSPS) is 26.4. The van der Waals surface area contributed by atoms with Crippen LogP contribution in [0.1, 0.15) is 29.7 Å². The molecule has 1 unspecified atom stereocenters. The van der Waals surface area contributed by atoms with E-state index in [0.29, 0.717) is 11.5 Å². The van der Waals surface area contributed by atoms with Gasteiger partial charge in [0, 0.05) is 30.7 Å². The minimum atomic E-state index is -1.95. The van der Waals surface area contributed by atoms with Crippen LogP contribution in [0, 0.1) is 5.92 Å². The Labute approximate surface area is 188 Å². The standard InChI is InChI=1S/C27H30NO4/c29-26(27(30,25-12-7-19-31-25)23-10-5-2-6-11-23)32-24-20-28(17-14-22(24)15-18-28)16-13-21-8-3-1-4-9-21/h1-12,19,22,24,30H,13-18,20H2/q+1/t22?,24?,27-,28?/m1/s1. The van der Waals surface area contributed by atoms with Gasteiger partial charge in [-0.1, -0.05) is 60.7 Å². The van der Waals surface area contributed by atoms with E-state index in [2.05, 4.69) is 24.3 Å². The Morgan fingerprint density at radius 2 is 1.69 bits per heavy atom. The Hall–Kier alpha value is -2.89. The number of rotatable bonds is 7. The predicted molar refractivity (Wildman–Crippen MR) is 121 cm³/mol. The molecule has 0 amide bonds. The molecule has 0 spiro atoms. The molecule has 0 saturated carbocycles. The maximum Gasteiger partial charge on any atom is 0.351 e. The molecule has 3 aliphatic heterocycles. The van der Waals surface area contributed by atoms with Crippen LogP contribution in [-0.2, 0) is 21.6 Å². The van der Waals surface area contributed by atoms with Gasteiger partial charge in [0.2, 0.25) is 5.60 Å². The van der Waals surface area contributed by atoms with Crippen molar-refractivity contribution in [2.24, 2.45) is 5.92 Å². The van der Waals surface area contributed by atoms with Crippen LogP contribution in [-0.4, -0.2) is 47.8 Å². The van der Waals surface area contributed by atoms with Crippen LogP contribution < -0.4 is 0 Å². The maximum atomic E-state index is 13.5. The van der Waals surface area contributed by atoms with Crippen LogP contribution in [0.15, 0.2) is 83.5 Å². The van der Waals surface area contributed by atoms with Gasteiger partial charge in [0.25, 0.3) is 0 Å². The van der Waals surface area contributed by atoms with E-state index < -0.39 is 11.6 Å². The van der Waals surface area contributed by atoms with Crippen molar-refractivity contribution in [3.05, 3.63) is 95.9 Å². The van der Waals surface area contributed by atoms with Crippen LogP contribution in [0.3, 0.4) is 0 Å². The summed E-state index contributed by atoms with van der Waals surface area (Å²) in [6, 6.07) is 22.8. The highest BCUT2D eigenvalue weighted by Crippen LogP contribution is 2.38. The summed E-state index contributed by atoms with van der Waals surface area (Å²) < 4.78 is 12.5. The number of hydrogen-bond acceptors (Lipinski definition) is 4. The molecule has 3 saturated heterocycles. The average Bonchev–Trinajstić information content (AvgIpc) is 3.40. The van der Waals surface area contributed by atoms with Crippen LogP contribution in [0.2, 0.25) is 0 Å². The number of hydrogen-bond donors (Lipinski definition) is 1. The first-order valence-corrected chi connectivity index (χ1v) is 11.5. The van der Waals surface area contributed by atoms with E-state index in [1.165, 1.54) is 11.8 Å². The lowest BCUT2D eigenvalue weighted by molar-refractivity contribution is -0.946. The zero-order valence-electron chi connectivity index (χ0n) is 18.2. The summed E-state index contributed by atoms with van der Waals surface area (Å²) in [5.41, 5.74) is -0.155. The molecular formula is C27H30NO4+. The van der Waals surface area contributed by atoms with Crippen molar-refractivity contribution >= 4 is 5.97 Å². The number of fused-ring (bicyclic) bond motifs is 3. The molecule has 166 valence electrons. The third-order valence-corrected chi connectivity index (χ3v) is 7.38. The van der Waals surface area contributed by atoms with E-state index in [-0.39, 0.29) is 11.9 Å². The zero-order chi connectivity index (χ0) is 22.0. The zero-order valence-corrected chi connectivity index (χ0v) is 18.2. The van der Waals surface area contributed by atoms with Gasteiger partial charge in [-0.3, -0.25) is 0 Å². The monoisotopic (exact) mass is 432 g/mol. The molecule has 5 nitrogen and oxygen atoms in total. The van der Waals surface area contributed by atoms with Crippen LogP contribution in [0.5, 0.6) is 0 Å². The predicted octanol–water partition coefficient (Wildman–Crippen LogP) is 3.91. The Morgan fingerprint density at radius 3 is 2.34 bits per heavy atom. The number of esters is 1. The lowest BCUT2D eigenvalue weighted by Gasteiger charge is -2.52. The Morgan fingerprint density at radius 1 is 1.00 bits per heavy atom. The van der Waals surface area contributed by atoms with Gasteiger partial charge in [-0.2, -0.15) is 0 Å². The summed E-state index contributed by atoms with van der Waals surface area (Å²) in [6.07, 6.45) is 4.40. The first-order chi connectivity index (χ1) is 15.6. The molecule has 1 N–H and O–H groups in total. The fourth-order valence-corrected chi connectivity index (χ4v) is 5.43. The molecule has 2 atom stereocenters. The van der Waals surface area contributed by atoms with Gasteiger partial charge >= 0.3 is 5.97 Å². The molecule has 4 heterocycles. The van der Waals surface area contributed by atoms with Crippen LogP contribution >= 0.6 is 0 Å². The van der Waals surface area contributed by atoms with Gasteiger partial charge in [0.15, 0.2) is 11.9 Å². The summed E-state index contributed by atoms with van der Waals surface area (Å²) in [5, 5.41) is 11.6. The maximum absolute atomic E-state index is 13.5. The van der Waals surface area contributed by atoms with Crippen molar-refractivity contribution in [2.75, 3.05) is 26.2 Å². The SMILES string of the molecule is O=C(OC1C[N+]2(CCc3ccccc3)CCC1CC2)[C@@](O)(c1ccccc1)c1ccco1. The third-order valence-electron chi connectivity index (χ3n) is 7.38. The molecule has 3 aliphatic rings. The van der Waals surface area contributed by atoms with E-state index >= 15 is 0 Å². The summed E-state index contributed by atoms with van der Waals surface area (Å²) in [5.74, 6) is -0.117. The number of carbonyl (C=O) groups excluding carboxylic acids is 1. The Bertz CT molecular complexity index is 1030. The minimum Gasteiger partial charge on any atom is -0.465 e. The smallest absolute Gasteiger partial charge is 0.351 e. The van der Waals surface area contributed by atoms with E-state index in [0.717, 1.165) is 49.9 Å². The molecule has 1 aromatic heterocycles. The van der Waals surface area contributed by atoms with Gasteiger partial charge in [-0.25, -0.2) is 4.79 Å². The molecule has 6 rings (SSSR count). The lowest BCUT2D eigenvalue weighted by Crippen LogP contribution is -2.65. The number of carbonyl (C=O) groups is 1. The van der Waals surface area contributed by atoms with E-state index in [9.17, 15) is 9.90 Å². The molecule has 3 fully saturated rings. The number of piperidine rings is 3. The molecule has 3 aromatic rings. The number of quaternary nitrogens is 1. The molecule has 32 heavy (non-hydrogen) atoms. The molecule has 0 aliphatic carbocycles. The highest BCUT2D eigenvalue weighted by molar-refractivity contribution is 5.84. The quantitative estimate of drug-likeness (QED) is 0.454. The summed E-state index contributed by atoms with van der Waals surface area (Å²) in [4.78, 5) is 13.5. The van der Waals surface area contributed by atoms with Crippen LogP contribution in [0.4, 0.5) is 0 Å². The average molecular weight is 433 g/mol. The van der Waals surface area contributed by atoms with Gasteiger partial charge < -0.3 is 18.7 Å². The topological polar surface area (TPSA) is 59.7 Å². The molecule has 2 bridgehead atoms. The largest absolute Gasteiger partial charge is 0.465 e. The Kier molecular flexibility index (Phi) is 5.62. The lowest BCUT2D eigenvalue weighted by atomic mass is 9.82. The van der Waals surface area contributed by atoms with E-state index in [4.69, 9.17) is 9.15 Å². The highest BCUT2D eigenvalue weighted by atomic mass is 16.6. The fourth-order valence-electron chi connectivity index (χ4n) is 5.43. The highest BCUT2D eigenvalue weighted by Gasteiger charge is 2.51. The van der Waals surface area contributed by atoms with Crippen molar-refractivity contribution in [3.63, 3.8) is 0 Å². The summed E-state index contributed by atoms with van der Waals surface area (Å²) in [7, 11) is 0. The summed E-state index contributed by atoms with van der Waals surface area (Å²) >= 11 is 0. The molecule has 5 heteroatoms. The van der Waals surface area contributed by atoms with Crippen molar-refractivity contribution in [2.45, 2.75) is 31.0 Å². The second-order valence-electron chi connectivity index (χ2n) is 9.27. The summed E-state index contributed by atoms with van der Waals surface area (Å²) in [6.45, 7) is 4.12. The number of ether oxygens (including phenoxy) is 1. The first kappa shape index (κ1) is 21.0. The molecule has 2 aromatic carbocycles. The molecule has 0 radical (unpaired) electrons. The van der Waals surface area contributed by atoms with Crippen molar-refractivity contribution in [3.8, 4) is 0 Å². The first-order valence-electron chi connectivity index (χ1n) is 11.5. The number of benzene rings is 2. The third kappa shape index (κ3) is 3.87. The van der Waals surface area contributed by atoms with E-state index in [1.54, 1.807) is 36.4 Å². The fraction of sp³-hybridized carbons (Fsp3) is 0.370. The van der Waals surface area contributed by atoms with Gasteiger partial charge in [0.05, 0.1) is 25.9 Å². The van der Waals surface area contributed by atoms with Gasteiger partial charge in [0.1, 0.15) is 6.54 Å². The van der Waals surface area contributed by atoms with Crippen molar-refractivity contribution in [1.82, 2.24) is 0 Å². The van der Waals surface area contributed by atoms with Gasteiger partial charge in [-0.05, 0) is 17.7 Å². The van der Waals surface area contributed by atoms with Crippen LogP contribution in [0.25, 0.3) is 0 Å². The number of furan rings is 1.